The molecule has 2 atom stereocenters. The topological polar surface area (TPSA) is 44.4 Å². The van der Waals surface area contributed by atoms with Gasteiger partial charge in [-0.15, -0.1) is 0 Å². The van der Waals surface area contributed by atoms with Crippen molar-refractivity contribution < 1.29 is 4.79 Å². The van der Waals surface area contributed by atoms with Crippen molar-refractivity contribution in [3.8, 4) is 0 Å². The summed E-state index contributed by atoms with van der Waals surface area (Å²) >= 11 is 0. The number of amides is 1. The van der Waals surface area contributed by atoms with E-state index in [4.69, 9.17) is 0 Å². The highest BCUT2D eigenvalue weighted by atomic mass is 16.2. The summed E-state index contributed by atoms with van der Waals surface area (Å²) in [6, 6.07) is 0.683. The SMILES string of the molecule is CNCC1CCCN1C1CCCCNC1=O. The number of hydrogen-bond acceptors (Lipinski definition) is 3. The third-order valence-electron chi connectivity index (χ3n) is 3.77. The molecular weight excluding hydrogens is 202 g/mol. The summed E-state index contributed by atoms with van der Waals surface area (Å²) in [6.07, 6.45) is 5.80. The van der Waals surface area contributed by atoms with Gasteiger partial charge in [0.05, 0.1) is 6.04 Å². The number of rotatable bonds is 3. The van der Waals surface area contributed by atoms with Crippen LogP contribution in [0.1, 0.15) is 32.1 Å². The van der Waals surface area contributed by atoms with E-state index in [9.17, 15) is 4.79 Å². The van der Waals surface area contributed by atoms with Gasteiger partial charge in [-0.3, -0.25) is 9.69 Å². The quantitative estimate of drug-likeness (QED) is 0.728. The van der Waals surface area contributed by atoms with Crippen LogP contribution in [0.3, 0.4) is 0 Å². The number of likely N-dealkylation sites (tertiary alicyclic amines) is 1. The fraction of sp³-hybridized carbons (Fsp3) is 0.917. The molecule has 0 aromatic heterocycles. The zero-order valence-corrected chi connectivity index (χ0v) is 10.2. The van der Waals surface area contributed by atoms with E-state index in [0.29, 0.717) is 6.04 Å². The molecule has 92 valence electrons. The summed E-state index contributed by atoms with van der Waals surface area (Å²) < 4.78 is 0. The summed E-state index contributed by atoms with van der Waals surface area (Å²) in [6.45, 7) is 2.95. The highest BCUT2D eigenvalue weighted by Gasteiger charge is 2.34. The average Bonchev–Trinajstić information content (AvgIpc) is 2.61. The lowest BCUT2D eigenvalue weighted by molar-refractivity contribution is -0.126. The van der Waals surface area contributed by atoms with Crippen molar-refractivity contribution in [3.05, 3.63) is 0 Å². The Hall–Kier alpha value is -0.610. The van der Waals surface area contributed by atoms with Crippen LogP contribution in [0.2, 0.25) is 0 Å². The van der Waals surface area contributed by atoms with Crippen molar-refractivity contribution in [1.82, 2.24) is 15.5 Å². The smallest absolute Gasteiger partial charge is 0.237 e. The molecule has 4 nitrogen and oxygen atoms in total. The second kappa shape index (κ2) is 5.64. The van der Waals surface area contributed by atoms with Crippen LogP contribution >= 0.6 is 0 Å². The molecule has 0 saturated carbocycles. The molecule has 2 unspecified atom stereocenters. The number of likely N-dealkylation sites (N-methyl/N-ethyl adjacent to an activating group) is 1. The van der Waals surface area contributed by atoms with Gasteiger partial charge in [-0.1, -0.05) is 0 Å². The molecule has 0 aliphatic carbocycles. The van der Waals surface area contributed by atoms with Gasteiger partial charge in [0, 0.05) is 19.1 Å². The molecule has 2 N–H and O–H groups in total. The largest absolute Gasteiger partial charge is 0.355 e. The van der Waals surface area contributed by atoms with Crippen molar-refractivity contribution in [1.29, 1.82) is 0 Å². The molecule has 0 radical (unpaired) electrons. The van der Waals surface area contributed by atoms with Crippen LogP contribution in [0.4, 0.5) is 0 Å². The molecule has 2 fully saturated rings. The molecule has 2 aliphatic rings. The lowest BCUT2D eigenvalue weighted by atomic mass is 10.1. The first-order valence-corrected chi connectivity index (χ1v) is 6.51. The van der Waals surface area contributed by atoms with Gasteiger partial charge >= 0.3 is 0 Å². The van der Waals surface area contributed by atoms with Gasteiger partial charge in [0.15, 0.2) is 0 Å². The van der Waals surface area contributed by atoms with Crippen molar-refractivity contribution in [2.24, 2.45) is 0 Å². The van der Waals surface area contributed by atoms with E-state index in [0.717, 1.165) is 32.5 Å². The normalized spacial score (nSPS) is 32.4. The summed E-state index contributed by atoms with van der Waals surface area (Å²) in [7, 11) is 1.99. The maximum atomic E-state index is 12.0. The van der Waals surface area contributed by atoms with Crippen LogP contribution in [-0.4, -0.2) is 49.6 Å². The Morgan fingerprint density at radius 3 is 3.06 bits per heavy atom. The molecular formula is C12H23N3O. The van der Waals surface area contributed by atoms with Crippen LogP contribution in [0.5, 0.6) is 0 Å². The maximum absolute atomic E-state index is 12.0. The predicted molar refractivity (Wildman–Crippen MR) is 64.3 cm³/mol. The molecule has 0 aromatic carbocycles. The first-order chi connectivity index (χ1) is 7.83. The Morgan fingerprint density at radius 1 is 1.38 bits per heavy atom. The third kappa shape index (κ3) is 2.55. The molecule has 16 heavy (non-hydrogen) atoms. The van der Waals surface area contributed by atoms with Crippen molar-refractivity contribution in [3.63, 3.8) is 0 Å². The summed E-state index contributed by atoms with van der Waals surface area (Å²) in [5, 5.41) is 6.27. The number of hydrogen-bond donors (Lipinski definition) is 2. The predicted octanol–water partition coefficient (Wildman–Crippen LogP) is 0.339. The molecule has 0 spiro atoms. The fourth-order valence-corrected chi connectivity index (χ4v) is 2.96. The van der Waals surface area contributed by atoms with Gasteiger partial charge in [0.2, 0.25) is 5.91 Å². The zero-order chi connectivity index (χ0) is 11.4. The molecule has 4 heteroatoms. The number of nitrogens with one attached hydrogen (secondary N) is 2. The van der Waals surface area contributed by atoms with Crippen LogP contribution in [0, 0.1) is 0 Å². The Morgan fingerprint density at radius 2 is 2.25 bits per heavy atom. The molecule has 2 saturated heterocycles. The Labute approximate surface area is 97.8 Å². The summed E-state index contributed by atoms with van der Waals surface area (Å²) in [5.74, 6) is 0.250. The second-order valence-corrected chi connectivity index (χ2v) is 4.89. The van der Waals surface area contributed by atoms with Crippen molar-refractivity contribution in [2.45, 2.75) is 44.2 Å². The lowest BCUT2D eigenvalue weighted by Gasteiger charge is -2.31. The van der Waals surface area contributed by atoms with Gasteiger partial charge in [-0.05, 0) is 45.7 Å². The molecule has 1 amide bonds. The van der Waals surface area contributed by atoms with Crippen LogP contribution in [0.15, 0.2) is 0 Å². The first-order valence-electron chi connectivity index (χ1n) is 6.51. The van der Waals surface area contributed by atoms with Crippen LogP contribution in [-0.2, 0) is 4.79 Å². The van der Waals surface area contributed by atoms with E-state index in [-0.39, 0.29) is 11.9 Å². The van der Waals surface area contributed by atoms with E-state index in [1.54, 1.807) is 0 Å². The second-order valence-electron chi connectivity index (χ2n) is 4.89. The van der Waals surface area contributed by atoms with Gasteiger partial charge in [0.1, 0.15) is 0 Å². The minimum atomic E-state index is 0.128. The standard InChI is InChI=1S/C12H23N3O/c1-13-9-10-5-4-8-15(10)11-6-2-3-7-14-12(11)16/h10-11,13H,2-9H2,1H3,(H,14,16). The van der Waals surface area contributed by atoms with E-state index in [1.165, 1.54) is 19.3 Å². The summed E-state index contributed by atoms with van der Waals surface area (Å²) in [5.41, 5.74) is 0. The number of carbonyl (C=O) groups excluding carboxylic acids is 1. The summed E-state index contributed by atoms with van der Waals surface area (Å²) in [4.78, 5) is 14.4. The van der Waals surface area contributed by atoms with Gasteiger partial charge in [0.25, 0.3) is 0 Å². The maximum Gasteiger partial charge on any atom is 0.237 e. The number of nitrogens with zero attached hydrogens (tertiary/aromatic N) is 1. The average molecular weight is 225 g/mol. The van der Waals surface area contributed by atoms with Gasteiger partial charge in [-0.2, -0.15) is 0 Å². The molecule has 0 bridgehead atoms. The first kappa shape index (κ1) is 11.9. The minimum Gasteiger partial charge on any atom is -0.355 e. The molecule has 2 heterocycles. The third-order valence-corrected chi connectivity index (χ3v) is 3.77. The Bertz CT molecular complexity index is 244. The lowest BCUT2D eigenvalue weighted by Crippen LogP contribution is -2.50. The van der Waals surface area contributed by atoms with Crippen molar-refractivity contribution >= 4 is 5.91 Å². The Kier molecular flexibility index (Phi) is 4.18. The minimum absolute atomic E-state index is 0.128. The van der Waals surface area contributed by atoms with Crippen LogP contribution in [0.25, 0.3) is 0 Å². The molecule has 2 aliphatic heterocycles. The molecule has 2 rings (SSSR count). The van der Waals surface area contributed by atoms with Gasteiger partial charge in [-0.25, -0.2) is 0 Å². The highest BCUT2D eigenvalue weighted by molar-refractivity contribution is 5.82. The zero-order valence-electron chi connectivity index (χ0n) is 10.2. The van der Waals surface area contributed by atoms with E-state index < -0.39 is 0 Å². The van der Waals surface area contributed by atoms with E-state index >= 15 is 0 Å². The Balaban J connectivity index is 2.00. The number of carbonyl (C=O) groups is 1. The highest BCUT2D eigenvalue weighted by Crippen LogP contribution is 2.23. The molecule has 0 aromatic rings. The monoisotopic (exact) mass is 225 g/mol. The van der Waals surface area contributed by atoms with E-state index in [1.807, 2.05) is 7.05 Å². The van der Waals surface area contributed by atoms with E-state index in [2.05, 4.69) is 15.5 Å². The van der Waals surface area contributed by atoms with Crippen molar-refractivity contribution in [2.75, 3.05) is 26.7 Å². The van der Waals surface area contributed by atoms with Crippen LogP contribution < -0.4 is 10.6 Å². The van der Waals surface area contributed by atoms with Gasteiger partial charge < -0.3 is 10.6 Å². The fourth-order valence-electron chi connectivity index (χ4n) is 2.96.